The Morgan fingerprint density at radius 1 is 0.947 bits per heavy atom. The number of halogens is 7. The van der Waals surface area contributed by atoms with Gasteiger partial charge in [0.05, 0.1) is 16.0 Å². The molecule has 0 amide bonds. The Hall–Kier alpha value is -0.560. The summed E-state index contributed by atoms with van der Waals surface area (Å²) in [6.07, 6.45) is -10.6. The Bertz CT molecular complexity index is 607. The van der Waals surface area contributed by atoms with Crippen molar-refractivity contribution in [2.75, 3.05) is 0 Å². The topological polar surface area (TPSA) is 60.2 Å². The number of hydrogen-bond acceptors (Lipinski definition) is 2. The standard InChI is InChI=1S/C8H4F6INO2S/c9-7(10,11)3-1-5(15)6(19(16,17)18)2-4(3)8(12,13)14/h1-2H,(H2,16,17,18). The van der Waals surface area contributed by atoms with E-state index in [2.05, 4.69) is 5.14 Å². The highest BCUT2D eigenvalue weighted by molar-refractivity contribution is 14.1. The Kier molecular flexibility index (Phi) is 4.14. The molecule has 0 fully saturated rings. The molecule has 108 valence electrons. The van der Waals surface area contributed by atoms with Crippen LogP contribution in [0, 0.1) is 3.57 Å². The van der Waals surface area contributed by atoms with Crippen molar-refractivity contribution in [3.05, 3.63) is 26.8 Å². The van der Waals surface area contributed by atoms with Crippen LogP contribution in [-0.4, -0.2) is 8.42 Å². The van der Waals surface area contributed by atoms with Crippen LogP contribution in [0.15, 0.2) is 17.0 Å². The Labute approximate surface area is 117 Å². The quantitative estimate of drug-likeness (QED) is 0.563. The largest absolute Gasteiger partial charge is 0.417 e. The average molecular weight is 419 g/mol. The molecule has 0 unspecified atom stereocenters. The molecule has 0 saturated heterocycles. The number of benzene rings is 1. The minimum Gasteiger partial charge on any atom is -0.225 e. The number of primary sulfonamides is 1. The molecule has 0 radical (unpaired) electrons. The molecular weight excluding hydrogens is 415 g/mol. The lowest BCUT2D eigenvalue weighted by atomic mass is 10.1. The molecule has 1 aromatic rings. The van der Waals surface area contributed by atoms with Crippen molar-refractivity contribution >= 4 is 32.6 Å². The van der Waals surface area contributed by atoms with Gasteiger partial charge in [-0.3, -0.25) is 0 Å². The molecule has 11 heteroatoms. The predicted molar refractivity (Wildman–Crippen MR) is 60.5 cm³/mol. The molecule has 0 atom stereocenters. The van der Waals surface area contributed by atoms with Gasteiger partial charge < -0.3 is 0 Å². The van der Waals surface area contributed by atoms with Gasteiger partial charge in [0, 0.05) is 3.57 Å². The molecule has 0 aliphatic heterocycles. The molecule has 19 heavy (non-hydrogen) atoms. The van der Waals surface area contributed by atoms with Crippen molar-refractivity contribution in [1.29, 1.82) is 0 Å². The van der Waals surface area contributed by atoms with Crippen LogP contribution >= 0.6 is 22.6 Å². The van der Waals surface area contributed by atoms with Crippen molar-refractivity contribution in [2.24, 2.45) is 5.14 Å². The maximum absolute atomic E-state index is 12.5. The first-order chi connectivity index (χ1) is 8.24. The number of sulfonamides is 1. The molecule has 0 saturated carbocycles. The second kappa shape index (κ2) is 4.77. The van der Waals surface area contributed by atoms with Crippen LogP contribution in [0.25, 0.3) is 0 Å². The van der Waals surface area contributed by atoms with E-state index in [1.807, 2.05) is 0 Å². The first kappa shape index (κ1) is 16.5. The van der Waals surface area contributed by atoms with Crippen LogP contribution in [0.4, 0.5) is 26.3 Å². The Balaban J connectivity index is 3.76. The first-order valence-electron chi connectivity index (χ1n) is 4.25. The molecule has 1 aromatic carbocycles. The summed E-state index contributed by atoms with van der Waals surface area (Å²) in [6, 6.07) is -0.0109. The summed E-state index contributed by atoms with van der Waals surface area (Å²) < 4.78 is 96.6. The third kappa shape index (κ3) is 3.72. The van der Waals surface area contributed by atoms with E-state index in [0.717, 1.165) is 0 Å². The number of hydrogen-bond donors (Lipinski definition) is 1. The van der Waals surface area contributed by atoms with Gasteiger partial charge in [-0.25, -0.2) is 13.6 Å². The van der Waals surface area contributed by atoms with E-state index in [0.29, 0.717) is 0 Å². The van der Waals surface area contributed by atoms with Gasteiger partial charge in [0.1, 0.15) is 0 Å². The second-order valence-electron chi connectivity index (χ2n) is 3.37. The normalized spacial score (nSPS) is 13.7. The van der Waals surface area contributed by atoms with E-state index in [1.165, 1.54) is 22.6 Å². The van der Waals surface area contributed by atoms with Crippen molar-refractivity contribution in [2.45, 2.75) is 17.2 Å². The van der Waals surface area contributed by atoms with E-state index >= 15 is 0 Å². The van der Waals surface area contributed by atoms with Crippen LogP contribution in [-0.2, 0) is 22.4 Å². The zero-order chi connectivity index (χ0) is 15.2. The van der Waals surface area contributed by atoms with E-state index in [-0.39, 0.29) is 12.1 Å². The summed E-state index contributed by atoms with van der Waals surface area (Å²) in [5, 5.41) is 4.65. The summed E-state index contributed by atoms with van der Waals surface area (Å²) >= 11 is 1.17. The van der Waals surface area contributed by atoms with Crippen molar-refractivity contribution < 1.29 is 34.8 Å². The fourth-order valence-corrected chi connectivity index (χ4v) is 3.24. The highest BCUT2D eigenvalue weighted by Gasteiger charge is 2.44. The van der Waals surface area contributed by atoms with Gasteiger partial charge in [-0.05, 0) is 34.7 Å². The lowest BCUT2D eigenvalue weighted by Crippen LogP contribution is -2.20. The zero-order valence-corrected chi connectivity index (χ0v) is 11.6. The predicted octanol–water partition coefficient (Wildman–Crippen LogP) is 2.98. The summed E-state index contributed by atoms with van der Waals surface area (Å²) in [7, 11) is -4.55. The lowest BCUT2D eigenvalue weighted by Gasteiger charge is -2.17. The van der Waals surface area contributed by atoms with Gasteiger partial charge in [-0.2, -0.15) is 26.3 Å². The SMILES string of the molecule is NS(=O)(=O)c1cc(C(F)(F)F)c(C(F)(F)F)cc1I. The average Bonchev–Trinajstić information content (AvgIpc) is 2.11. The fourth-order valence-electron chi connectivity index (χ4n) is 1.24. The van der Waals surface area contributed by atoms with Gasteiger partial charge in [0.2, 0.25) is 10.0 Å². The fraction of sp³-hybridized carbons (Fsp3) is 0.250. The number of alkyl halides is 6. The van der Waals surface area contributed by atoms with Gasteiger partial charge >= 0.3 is 12.4 Å². The van der Waals surface area contributed by atoms with Gasteiger partial charge in [0.15, 0.2) is 0 Å². The van der Waals surface area contributed by atoms with E-state index in [4.69, 9.17) is 0 Å². The molecule has 0 aliphatic rings. The third-order valence-corrected chi connectivity index (χ3v) is 4.20. The van der Waals surface area contributed by atoms with Crippen LogP contribution in [0.1, 0.15) is 11.1 Å². The third-order valence-electron chi connectivity index (χ3n) is 1.99. The molecule has 2 N–H and O–H groups in total. The minimum absolute atomic E-state index is 0.100. The maximum Gasteiger partial charge on any atom is 0.417 e. The molecule has 0 heterocycles. The van der Waals surface area contributed by atoms with E-state index in [9.17, 15) is 34.8 Å². The molecule has 1 rings (SSSR count). The van der Waals surface area contributed by atoms with Crippen LogP contribution in [0.3, 0.4) is 0 Å². The highest BCUT2D eigenvalue weighted by Crippen LogP contribution is 2.42. The Morgan fingerprint density at radius 3 is 1.63 bits per heavy atom. The zero-order valence-electron chi connectivity index (χ0n) is 8.60. The maximum atomic E-state index is 12.5. The van der Waals surface area contributed by atoms with Gasteiger partial charge in [0.25, 0.3) is 0 Å². The summed E-state index contributed by atoms with van der Waals surface area (Å²) in [5.41, 5.74) is -4.05. The molecular formula is C8H4F6INO2S. The number of rotatable bonds is 1. The second-order valence-corrected chi connectivity index (χ2v) is 6.06. The summed E-state index contributed by atoms with van der Waals surface area (Å²) in [6.45, 7) is 0. The van der Waals surface area contributed by atoms with Gasteiger partial charge in [-0.15, -0.1) is 0 Å². The molecule has 0 aliphatic carbocycles. The Morgan fingerprint density at radius 2 is 1.32 bits per heavy atom. The van der Waals surface area contributed by atoms with Crippen LogP contribution < -0.4 is 5.14 Å². The molecule has 0 aromatic heterocycles. The van der Waals surface area contributed by atoms with Gasteiger partial charge in [-0.1, -0.05) is 0 Å². The monoisotopic (exact) mass is 419 g/mol. The minimum atomic E-state index is -5.35. The summed E-state index contributed by atoms with van der Waals surface area (Å²) in [4.78, 5) is -1.01. The number of nitrogens with two attached hydrogens (primary N) is 1. The molecule has 3 nitrogen and oxygen atoms in total. The van der Waals surface area contributed by atoms with Crippen molar-refractivity contribution in [3.8, 4) is 0 Å². The van der Waals surface area contributed by atoms with Crippen LogP contribution in [0.5, 0.6) is 0 Å². The van der Waals surface area contributed by atoms with Crippen LogP contribution in [0.2, 0.25) is 0 Å². The van der Waals surface area contributed by atoms with Crippen molar-refractivity contribution in [3.63, 3.8) is 0 Å². The molecule has 0 spiro atoms. The molecule has 0 bridgehead atoms. The van der Waals surface area contributed by atoms with E-state index in [1.54, 1.807) is 0 Å². The van der Waals surface area contributed by atoms with Crippen molar-refractivity contribution in [1.82, 2.24) is 0 Å². The smallest absolute Gasteiger partial charge is 0.225 e. The highest BCUT2D eigenvalue weighted by atomic mass is 127. The summed E-state index contributed by atoms with van der Waals surface area (Å²) in [5.74, 6) is 0. The lowest BCUT2D eigenvalue weighted by molar-refractivity contribution is -0.162. The van der Waals surface area contributed by atoms with E-state index < -0.39 is 42.0 Å². The first-order valence-corrected chi connectivity index (χ1v) is 6.88.